The van der Waals surface area contributed by atoms with Gasteiger partial charge in [-0.15, -0.1) is 0 Å². The first-order chi connectivity index (χ1) is 12.8. The third-order valence-electron chi connectivity index (χ3n) is 4.38. The molecule has 0 radical (unpaired) electrons. The highest BCUT2D eigenvalue weighted by molar-refractivity contribution is 7.89. The van der Waals surface area contributed by atoms with E-state index >= 15 is 0 Å². The largest absolute Gasteiger partial charge is 0.421 e. The van der Waals surface area contributed by atoms with Gasteiger partial charge in [-0.25, -0.2) is 13.2 Å². The van der Waals surface area contributed by atoms with Gasteiger partial charge in [-0.3, -0.25) is 18.7 Å². The summed E-state index contributed by atoms with van der Waals surface area (Å²) in [5, 5.41) is 1.81. The highest BCUT2D eigenvalue weighted by Crippen LogP contribution is 2.45. The summed E-state index contributed by atoms with van der Waals surface area (Å²) < 4.78 is 69.8. The number of anilines is 1. The van der Waals surface area contributed by atoms with E-state index in [0.717, 1.165) is 26.2 Å². The molecule has 2 heterocycles. The third kappa shape index (κ3) is 2.57. The number of rotatable bonds is 3. The number of nitrogens with one attached hydrogen (secondary N) is 2. The normalized spacial score (nSPS) is 19.4. The summed E-state index contributed by atoms with van der Waals surface area (Å²) in [6.07, 6.45) is -5.53. The number of nitrogens with zero attached hydrogens (tertiary/aromatic N) is 2. The molecule has 1 aromatic heterocycles. The summed E-state index contributed by atoms with van der Waals surface area (Å²) in [6, 6.07) is 6.06. The van der Waals surface area contributed by atoms with Crippen LogP contribution in [0.25, 0.3) is 0 Å². The molecule has 0 unspecified atom stereocenters. The van der Waals surface area contributed by atoms with Gasteiger partial charge in [0.1, 0.15) is 5.82 Å². The maximum atomic E-state index is 14.1. The van der Waals surface area contributed by atoms with Gasteiger partial charge in [-0.2, -0.15) is 17.9 Å². The Kier molecular flexibility index (Phi) is 4.27. The molecule has 3 rings (SSSR count). The van der Waals surface area contributed by atoms with E-state index in [-0.39, 0.29) is 0 Å². The monoisotopic (exact) mass is 418 g/mol. The Morgan fingerprint density at radius 1 is 1.04 bits per heavy atom. The molecule has 1 atom stereocenters. The van der Waals surface area contributed by atoms with E-state index in [9.17, 15) is 36.0 Å². The average molecular weight is 418 g/mol. The predicted octanol–water partition coefficient (Wildman–Crippen LogP) is -0.228. The maximum absolute atomic E-state index is 14.1. The number of fused-ring (bicyclic) bond motifs is 1. The fourth-order valence-corrected chi connectivity index (χ4v) is 4.28. The summed E-state index contributed by atoms with van der Waals surface area (Å²) in [7, 11) is -2.92. The summed E-state index contributed by atoms with van der Waals surface area (Å²) in [6.45, 7) is 0. The van der Waals surface area contributed by atoms with Gasteiger partial charge in [0.05, 0.1) is 10.5 Å². The zero-order valence-corrected chi connectivity index (χ0v) is 15.2. The van der Waals surface area contributed by atoms with Crippen LogP contribution in [0.3, 0.4) is 0 Å². The molecule has 1 amide bonds. The molecule has 1 aliphatic rings. The van der Waals surface area contributed by atoms with Crippen molar-refractivity contribution in [3.8, 4) is 0 Å². The van der Waals surface area contributed by atoms with E-state index in [0.29, 0.717) is 9.13 Å². The SMILES string of the molecule is Cn1c2c(c(=O)n(C)c1=O)[C@](NS(=O)(=O)c1ccccc1)(C(F)(F)F)C(=O)N2. The van der Waals surface area contributed by atoms with Crippen molar-refractivity contribution in [1.82, 2.24) is 13.9 Å². The van der Waals surface area contributed by atoms with Gasteiger partial charge in [0, 0.05) is 14.1 Å². The van der Waals surface area contributed by atoms with Crippen LogP contribution in [0.5, 0.6) is 0 Å². The van der Waals surface area contributed by atoms with Crippen molar-refractivity contribution >= 4 is 21.7 Å². The molecular weight excluding hydrogens is 405 g/mol. The zero-order valence-electron chi connectivity index (χ0n) is 14.4. The van der Waals surface area contributed by atoms with Gasteiger partial charge in [0.25, 0.3) is 11.5 Å². The molecule has 2 N–H and O–H groups in total. The second-order valence-corrected chi connectivity index (χ2v) is 7.73. The molecule has 150 valence electrons. The van der Waals surface area contributed by atoms with Gasteiger partial charge >= 0.3 is 11.9 Å². The molecule has 0 bridgehead atoms. The molecule has 0 saturated carbocycles. The summed E-state index contributed by atoms with van der Waals surface area (Å²) >= 11 is 0. The van der Waals surface area contributed by atoms with Crippen molar-refractivity contribution in [2.45, 2.75) is 16.6 Å². The lowest BCUT2D eigenvalue weighted by Gasteiger charge is -2.30. The number of halogens is 3. The maximum Gasteiger partial charge on any atom is 0.421 e. The highest BCUT2D eigenvalue weighted by Gasteiger charge is 2.69. The molecule has 1 aromatic carbocycles. The lowest BCUT2D eigenvalue weighted by atomic mass is 9.93. The van der Waals surface area contributed by atoms with Gasteiger partial charge in [0.2, 0.25) is 15.6 Å². The van der Waals surface area contributed by atoms with Crippen LogP contribution in [0.15, 0.2) is 44.8 Å². The highest BCUT2D eigenvalue weighted by atomic mass is 32.2. The number of benzene rings is 1. The van der Waals surface area contributed by atoms with Crippen LogP contribution in [0.2, 0.25) is 0 Å². The Bertz CT molecular complexity index is 1200. The van der Waals surface area contributed by atoms with Crippen LogP contribution in [0.1, 0.15) is 5.56 Å². The van der Waals surface area contributed by atoms with E-state index in [1.165, 1.54) is 22.9 Å². The second-order valence-electron chi connectivity index (χ2n) is 6.05. The van der Waals surface area contributed by atoms with Crippen LogP contribution in [0, 0.1) is 0 Å². The van der Waals surface area contributed by atoms with E-state index in [4.69, 9.17) is 0 Å². The topological polar surface area (TPSA) is 119 Å². The van der Waals surface area contributed by atoms with E-state index in [1.807, 2.05) is 5.32 Å². The van der Waals surface area contributed by atoms with Gasteiger partial charge in [-0.1, -0.05) is 18.2 Å². The number of hydrogen-bond donors (Lipinski definition) is 2. The van der Waals surface area contributed by atoms with Crippen molar-refractivity contribution in [1.29, 1.82) is 0 Å². The van der Waals surface area contributed by atoms with Gasteiger partial charge < -0.3 is 5.32 Å². The number of sulfonamides is 1. The van der Waals surface area contributed by atoms with Gasteiger partial charge in [0.15, 0.2) is 0 Å². The molecule has 28 heavy (non-hydrogen) atoms. The number of carbonyl (C=O) groups is 1. The molecule has 9 nitrogen and oxygen atoms in total. The van der Waals surface area contributed by atoms with Crippen molar-refractivity contribution < 1.29 is 26.4 Å². The van der Waals surface area contributed by atoms with Crippen molar-refractivity contribution in [2.75, 3.05) is 5.32 Å². The van der Waals surface area contributed by atoms with Crippen molar-refractivity contribution in [3.63, 3.8) is 0 Å². The molecule has 2 aromatic rings. The summed E-state index contributed by atoms with van der Waals surface area (Å²) in [5.74, 6) is -2.57. The fraction of sp³-hybridized carbons (Fsp3) is 0.267. The molecule has 13 heteroatoms. The molecule has 0 aliphatic carbocycles. The summed E-state index contributed by atoms with van der Waals surface area (Å²) in [4.78, 5) is 36.3. The van der Waals surface area contributed by atoms with Crippen LogP contribution in [0.4, 0.5) is 19.0 Å². The number of carbonyl (C=O) groups excluding carboxylic acids is 1. The Hall–Kier alpha value is -2.93. The minimum Gasteiger partial charge on any atom is -0.309 e. The number of hydrogen-bond acceptors (Lipinski definition) is 5. The number of aromatic nitrogens is 2. The van der Waals surface area contributed by atoms with Crippen LogP contribution in [-0.2, 0) is 34.5 Å². The van der Waals surface area contributed by atoms with Crippen LogP contribution < -0.4 is 21.3 Å². The third-order valence-corrected chi connectivity index (χ3v) is 5.85. The summed E-state index contributed by atoms with van der Waals surface area (Å²) in [5.41, 5.74) is -7.58. The van der Waals surface area contributed by atoms with Crippen molar-refractivity contribution in [2.24, 2.45) is 14.1 Å². The lowest BCUT2D eigenvalue weighted by molar-refractivity contribution is -0.194. The molecule has 0 saturated heterocycles. The fourth-order valence-electron chi connectivity index (χ4n) is 2.93. The first-order valence-electron chi connectivity index (χ1n) is 7.62. The van der Waals surface area contributed by atoms with Gasteiger partial charge in [-0.05, 0) is 12.1 Å². The minimum atomic E-state index is -5.53. The Morgan fingerprint density at radius 3 is 2.14 bits per heavy atom. The molecule has 1 aliphatic heterocycles. The second kappa shape index (κ2) is 6.04. The number of alkyl halides is 3. The Morgan fingerprint density at radius 2 is 1.61 bits per heavy atom. The quantitative estimate of drug-likeness (QED) is 0.714. The lowest BCUT2D eigenvalue weighted by Crippen LogP contribution is -2.62. The molecule has 0 spiro atoms. The van der Waals surface area contributed by atoms with E-state index in [2.05, 4.69) is 0 Å². The molecular formula is C15H13F3N4O5S. The first-order valence-corrected chi connectivity index (χ1v) is 9.10. The van der Waals surface area contributed by atoms with Crippen LogP contribution in [-0.4, -0.2) is 29.6 Å². The minimum absolute atomic E-state index is 0.358. The molecule has 0 fully saturated rings. The zero-order chi connectivity index (χ0) is 21.1. The smallest absolute Gasteiger partial charge is 0.309 e. The standard InChI is InChI=1S/C15H13F3N4O5S/c1-21-10-9(11(23)22(2)13(21)25)14(12(24)19-10,15(16,17)18)20-28(26,27)8-6-4-3-5-7-8/h3-7,20H,1-2H3,(H,19,24)/t14-/m1/s1. The average Bonchev–Trinajstić information content (AvgIpc) is 2.92. The van der Waals surface area contributed by atoms with Crippen LogP contribution >= 0.6 is 0 Å². The predicted molar refractivity (Wildman–Crippen MR) is 90.1 cm³/mol. The Balaban J connectivity index is 2.38. The van der Waals surface area contributed by atoms with E-state index in [1.54, 1.807) is 0 Å². The van der Waals surface area contributed by atoms with Crippen molar-refractivity contribution in [3.05, 3.63) is 56.7 Å². The first kappa shape index (κ1) is 19.8. The van der Waals surface area contributed by atoms with E-state index < -0.39 is 55.2 Å². The number of amides is 1. The Labute approximate surface area is 155 Å².